The third kappa shape index (κ3) is 1.99. The molecule has 0 radical (unpaired) electrons. The van der Waals surface area contributed by atoms with E-state index in [1.165, 1.54) is 19.3 Å². The van der Waals surface area contributed by atoms with Crippen LogP contribution in [0.25, 0.3) is 0 Å². The molecule has 3 unspecified atom stereocenters. The highest BCUT2D eigenvalue weighted by atomic mass is 16.5. The van der Waals surface area contributed by atoms with Crippen molar-refractivity contribution in [2.24, 2.45) is 11.7 Å². The molecule has 0 saturated heterocycles. The van der Waals surface area contributed by atoms with Gasteiger partial charge in [0.2, 0.25) is 0 Å². The minimum atomic E-state index is -1.33. The molecule has 0 aromatic heterocycles. The predicted molar refractivity (Wildman–Crippen MR) is 50.1 cm³/mol. The Labute approximate surface area is 83.2 Å². The summed E-state index contributed by atoms with van der Waals surface area (Å²) in [4.78, 5) is 8.78. The second-order valence-corrected chi connectivity index (χ2v) is 3.70. The second-order valence-electron chi connectivity index (χ2n) is 3.70. The smallest absolute Gasteiger partial charge is 0.402 e. The molecule has 0 aromatic carbocycles. The van der Waals surface area contributed by atoms with E-state index in [0.717, 1.165) is 5.92 Å². The molecular formula is C9H17NO4. The molecule has 0 spiro atoms. The summed E-state index contributed by atoms with van der Waals surface area (Å²) in [6, 6.07) is 0. The zero-order valence-corrected chi connectivity index (χ0v) is 8.53. The maximum absolute atomic E-state index is 8.78. The Morgan fingerprint density at radius 2 is 2.07 bits per heavy atom. The van der Waals surface area contributed by atoms with Crippen LogP contribution in [0.4, 0.5) is 4.79 Å². The summed E-state index contributed by atoms with van der Waals surface area (Å²) in [5, 5.41) is 7.19. The lowest BCUT2D eigenvalue weighted by Gasteiger charge is -2.19. The van der Waals surface area contributed by atoms with Crippen molar-refractivity contribution in [2.45, 2.75) is 31.0 Å². The first-order valence-electron chi connectivity index (χ1n) is 4.63. The number of amides is 1. The van der Waals surface area contributed by atoms with Gasteiger partial charge in [0.25, 0.3) is 0 Å². The number of primary amides is 1. The van der Waals surface area contributed by atoms with Crippen LogP contribution in [0.2, 0.25) is 0 Å². The van der Waals surface area contributed by atoms with E-state index >= 15 is 0 Å². The van der Waals surface area contributed by atoms with E-state index in [0.29, 0.717) is 6.10 Å². The van der Waals surface area contributed by atoms with Gasteiger partial charge in [-0.3, -0.25) is 0 Å². The highest BCUT2D eigenvalue weighted by molar-refractivity contribution is 5.61. The first-order chi connectivity index (χ1) is 6.56. The SMILES string of the molecule is COC1CCC2CC21OC.NC(=O)O. The topological polar surface area (TPSA) is 81.8 Å². The number of ether oxygens (including phenoxy) is 2. The van der Waals surface area contributed by atoms with Gasteiger partial charge in [-0.2, -0.15) is 0 Å². The summed E-state index contributed by atoms with van der Waals surface area (Å²) >= 11 is 0. The Kier molecular flexibility index (Phi) is 3.34. The summed E-state index contributed by atoms with van der Waals surface area (Å²) in [5.74, 6) is 0.808. The Morgan fingerprint density at radius 3 is 2.36 bits per heavy atom. The number of hydrogen-bond donors (Lipinski definition) is 2. The van der Waals surface area contributed by atoms with Crippen LogP contribution in [0.5, 0.6) is 0 Å². The standard InChI is InChI=1S/C8H14O2.CH3NO2/c1-9-7-4-3-6-5-8(6,7)10-2;2-1(3)4/h6-7H,3-5H2,1-2H3;2H2,(H,3,4). The highest BCUT2D eigenvalue weighted by Crippen LogP contribution is 2.58. The summed E-state index contributed by atoms with van der Waals surface area (Å²) in [5.41, 5.74) is 4.18. The Hall–Kier alpha value is -0.810. The monoisotopic (exact) mass is 203 g/mol. The fourth-order valence-electron chi connectivity index (χ4n) is 2.36. The van der Waals surface area contributed by atoms with Crippen molar-refractivity contribution in [1.29, 1.82) is 0 Å². The maximum Gasteiger partial charge on any atom is 0.402 e. The van der Waals surface area contributed by atoms with Gasteiger partial charge in [-0.1, -0.05) is 0 Å². The van der Waals surface area contributed by atoms with E-state index in [4.69, 9.17) is 19.4 Å². The van der Waals surface area contributed by atoms with Crippen molar-refractivity contribution in [2.75, 3.05) is 14.2 Å². The minimum absolute atomic E-state index is 0.148. The molecule has 1 amide bonds. The molecule has 2 aliphatic rings. The molecule has 0 aromatic rings. The Balaban J connectivity index is 0.000000213. The summed E-state index contributed by atoms with van der Waals surface area (Å²) in [7, 11) is 3.59. The summed E-state index contributed by atoms with van der Waals surface area (Å²) in [6.45, 7) is 0. The Morgan fingerprint density at radius 1 is 1.50 bits per heavy atom. The predicted octanol–water partition coefficient (Wildman–Crippen LogP) is 0.823. The van der Waals surface area contributed by atoms with E-state index in [1.807, 2.05) is 0 Å². The first kappa shape index (κ1) is 11.3. The molecule has 0 aliphatic heterocycles. The van der Waals surface area contributed by atoms with Gasteiger partial charge in [-0.05, 0) is 25.2 Å². The maximum atomic E-state index is 8.78. The van der Waals surface area contributed by atoms with Crippen LogP contribution in [0.1, 0.15) is 19.3 Å². The minimum Gasteiger partial charge on any atom is -0.465 e. The number of rotatable bonds is 2. The molecule has 0 bridgehead atoms. The summed E-state index contributed by atoms with van der Waals surface area (Å²) < 4.78 is 10.8. The average molecular weight is 203 g/mol. The molecule has 82 valence electrons. The lowest BCUT2D eigenvalue weighted by Crippen LogP contribution is -2.29. The van der Waals surface area contributed by atoms with Crippen LogP contribution in [-0.2, 0) is 9.47 Å². The van der Waals surface area contributed by atoms with Crippen molar-refractivity contribution in [1.82, 2.24) is 0 Å². The second kappa shape index (κ2) is 4.14. The van der Waals surface area contributed by atoms with Crippen LogP contribution in [-0.4, -0.2) is 37.1 Å². The van der Waals surface area contributed by atoms with Gasteiger partial charge in [-0.25, -0.2) is 4.79 Å². The van der Waals surface area contributed by atoms with E-state index in [9.17, 15) is 0 Å². The quantitative estimate of drug-likeness (QED) is 0.696. The number of carboxylic acid groups (broad SMARTS) is 1. The zero-order chi connectivity index (χ0) is 10.8. The van der Waals surface area contributed by atoms with Gasteiger partial charge in [-0.15, -0.1) is 0 Å². The number of methoxy groups -OCH3 is 2. The van der Waals surface area contributed by atoms with Gasteiger partial charge in [0, 0.05) is 14.2 Å². The van der Waals surface area contributed by atoms with Gasteiger partial charge >= 0.3 is 6.09 Å². The number of nitrogens with two attached hydrogens (primary N) is 1. The zero-order valence-electron chi connectivity index (χ0n) is 8.53. The van der Waals surface area contributed by atoms with Crippen molar-refractivity contribution < 1.29 is 19.4 Å². The fraction of sp³-hybridized carbons (Fsp3) is 0.889. The molecule has 3 atom stereocenters. The van der Waals surface area contributed by atoms with Crippen LogP contribution in [0, 0.1) is 5.92 Å². The van der Waals surface area contributed by atoms with Crippen LogP contribution in [0.3, 0.4) is 0 Å². The third-order valence-electron chi connectivity index (χ3n) is 3.08. The van der Waals surface area contributed by atoms with Gasteiger partial charge in [0.15, 0.2) is 0 Å². The highest BCUT2D eigenvalue weighted by Gasteiger charge is 2.64. The number of carbonyl (C=O) groups is 1. The van der Waals surface area contributed by atoms with Crippen molar-refractivity contribution >= 4 is 6.09 Å². The Bertz CT molecular complexity index is 213. The number of fused-ring (bicyclic) bond motifs is 1. The van der Waals surface area contributed by atoms with E-state index in [2.05, 4.69) is 5.73 Å². The molecule has 0 heterocycles. The van der Waals surface area contributed by atoms with Gasteiger partial charge < -0.3 is 20.3 Å². The molecule has 3 N–H and O–H groups in total. The molecule has 2 aliphatic carbocycles. The molecule has 2 fully saturated rings. The summed E-state index contributed by atoms with van der Waals surface area (Å²) in [6.07, 6.45) is 2.76. The lowest BCUT2D eigenvalue weighted by molar-refractivity contribution is -0.0457. The molecule has 2 saturated carbocycles. The van der Waals surface area contributed by atoms with Gasteiger partial charge in [0.05, 0.1) is 11.7 Å². The number of hydrogen-bond acceptors (Lipinski definition) is 3. The fourth-order valence-corrected chi connectivity index (χ4v) is 2.36. The lowest BCUT2D eigenvalue weighted by atomic mass is 10.2. The van der Waals surface area contributed by atoms with E-state index in [-0.39, 0.29) is 5.60 Å². The van der Waals surface area contributed by atoms with E-state index in [1.54, 1.807) is 14.2 Å². The molecular weight excluding hydrogens is 186 g/mol. The van der Waals surface area contributed by atoms with Crippen molar-refractivity contribution in [3.05, 3.63) is 0 Å². The van der Waals surface area contributed by atoms with Crippen molar-refractivity contribution in [3.8, 4) is 0 Å². The van der Waals surface area contributed by atoms with Crippen LogP contribution < -0.4 is 5.73 Å². The molecule has 5 nitrogen and oxygen atoms in total. The average Bonchev–Trinajstić information content (AvgIpc) is 2.73. The van der Waals surface area contributed by atoms with Crippen LogP contribution in [0.15, 0.2) is 0 Å². The largest absolute Gasteiger partial charge is 0.465 e. The van der Waals surface area contributed by atoms with Crippen LogP contribution >= 0.6 is 0 Å². The molecule has 2 rings (SSSR count). The normalized spacial score (nSPS) is 38.1. The molecule has 5 heteroatoms. The van der Waals surface area contributed by atoms with E-state index < -0.39 is 6.09 Å². The van der Waals surface area contributed by atoms with Gasteiger partial charge in [0.1, 0.15) is 0 Å². The first-order valence-corrected chi connectivity index (χ1v) is 4.63. The van der Waals surface area contributed by atoms with Crippen molar-refractivity contribution in [3.63, 3.8) is 0 Å². The third-order valence-corrected chi connectivity index (χ3v) is 3.08. The molecule has 14 heavy (non-hydrogen) atoms.